The van der Waals surface area contributed by atoms with Crippen molar-refractivity contribution in [2.45, 2.75) is 12.8 Å². The van der Waals surface area contributed by atoms with Gasteiger partial charge >= 0.3 is 0 Å². The summed E-state index contributed by atoms with van der Waals surface area (Å²) in [5, 5.41) is 3.83. The Morgan fingerprint density at radius 2 is 1.88 bits per heavy atom. The maximum absolute atomic E-state index is 12.2. The fourth-order valence-corrected chi connectivity index (χ4v) is 2.72. The Morgan fingerprint density at radius 3 is 2.54 bits per heavy atom. The van der Waals surface area contributed by atoms with Gasteiger partial charge in [0.05, 0.1) is 7.11 Å². The first-order valence-corrected chi connectivity index (χ1v) is 8.47. The van der Waals surface area contributed by atoms with Gasteiger partial charge in [-0.3, -0.25) is 9.59 Å². The van der Waals surface area contributed by atoms with Crippen LogP contribution in [0, 0.1) is 0 Å². The number of amides is 2. The molecule has 0 atom stereocenters. The molecule has 138 valence electrons. The van der Waals surface area contributed by atoms with E-state index >= 15 is 0 Å². The second-order valence-corrected chi connectivity index (χ2v) is 6.25. The minimum atomic E-state index is -0.610. The normalized spacial score (nSPS) is 10.3. The van der Waals surface area contributed by atoms with Crippen LogP contribution in [0.4, 0.5) is 5.69 Å². The number of nitrogens with two attached hydrogens (primary N) is 1. The summed E-state index contributed by atoms with van der Waals surface area (Å²) in [7, 11) is 1.47. The van der Waals surface area contributed by atoms with E-state index in [0.717, 1.165) is 5.56 Å². The zero-order chi connectivity index (χ0) is 19.1. The van der Waals surface area contributed by atoms with Gasteiger partial charge in [0.15, 0.2) is 18.1 Å². The van der Waals surface area contributed by atoms with Gasteiger partial charge in [-0.05, 0) is 36.2 Å². The van der Waals surface area contributed by atoms with Crippen molar-refractivity contribution in [2.75, 3.05) is 19.0 Å². The molecule has 0 radical (unpaired) electrons. The number of methoxy groups -OCH3 is 1. The predicted octanol–water partition coefficient (Wildman–Crippen LogP) is 3.44. The number of rotatable bonds is 8. The number of aryl methyl sites for hydroxylation is 1. The third-order valence-corrected chi connectivity index (χ3v) is 4.04. The van der Waals surface area contributed by atoms with Gasteiger partial charge in [0.1, 0.15) is 0 Å². The van der Waals surface area contributed by atoms with E-state index in [4.69, 9.17) is 38.4 Å². The summed E-state index contributed by atoms with van der Waals surface area (Å²) in [5.41, 5.74) is 6.42. The summed E-state index contributed by atoms with van der Waals surface area (Å²) in [6.45, 7) is -0.289. The SMILES string of the molecule is COc1ccc(NC(=O)CCc2ccc(Cl)cc2Cl)cc1OCC(N)=O. The van der Waals surface area contributed by atoms with Crippen LogP contribution in [0.2, 0.25) is 10.0 Å². The molecule has 2 aromatic carbocycles. The molecular formula is C18H18Cl2N2O4. The standard InChI is InChI=1S/C18H18Cl2N2O4/c1-25-15-6-5-13(9-16(15)26-10-17(21)23)22-18(24)7-3-11-2-4-12(19)8-14(11)20/h2,4-6,8-9H,3,7,10H2,1H3,(H2,21,23)(H,22,24). The summed E-state index contributed by atoms with van der Waals surface area (Å²) in [6, 6.07) is 10.0. The quantitative estimate of drug-likeness (QED) is 0.714. The van der Waals surface area contributed by atoms with Gasteiger partial charge in [-0.15, -0.1) is 0 Å². The summed E-state index contributed by atoms with van der Waals surface area (Å²) in [6.07, 6.45) is 0.716. The number of carbonyl (C=O) groups is 2. The van der Waals surface area contributed by atoms with Crippen molar-refractivity contribution in [2.24, 2.45) is 5.73 Å². The Morgan fingerprint density at radius 1 is 1.12 bits per heavy atom. The largest absolute Gasteiger partial charge is 0.493 e. The Bertz CT molecular complexity index is 812. The molecule has 0 bridgehead atoms. The van der Waals surface area contributed by atoms with Gasteiger partial charge in [-0.25, -0.2) is 0 Å². The zero-order valence-electron chi connectivity index (χ0n) is 14.1. The van der Waals surface area contributed by atoms with Crippen molar-refractivity contribution in [3.63, 3.8) is 0 Å². The third-order valence-electron chi connectivity index (χ3n) is 3.45. The third kappa shape index (κ3) is 5.82. The molecule has 0 fully saturated rings. The number of benzene rings is 2. The van der Waals surface area contributed by atoms with Gasteiger partial charge in [-0.1, -0.05) is 29.3 Å². The van der Waals surface area contributed by atoms with Crippen molar-refractivity contribution in [1.82, 2.24) is 0 Å². The molecule has 26 heavy (non-hydrogen) atoms. The maximum atomic E-state index is 12.2. The summed E-state index contributed by atoms with van der Waals surface area (Å²) in [4.78, 5) is 23.0. The lowest BCUT2D eigenvalue weighted by Crippen LogP contribution is -2.20. The number of primary amides is 1. The van der Waals surface area contributed by atoms with Crippen LogP contribution >= 0.6 is 23.2 Å². The van der Waals surface area contributed by atoms with Crippen LogP contribution in [0.15, 0.2) is 36.4 Å². The first kappa shape index (κ1) is 19.9. The molecule has 0 aliphatic rings. The second kappa shape index (κ2) is 9.31. The number of anilines is 1. The van der Waals surface area contributed by atoms with E-state index in [1.54, 1.807) is 36.4 Å². The highest BCUT2D eigenvalue weighted by molar-refractivity contribution is 6.35. The minimum absolute atomic E-state index is 0.193. The lowest BCUT2D eigenvalue weighted by molar-refractivity contribution is -0.120. The molecule has 2 aromatic rings. The van der Waals surface area contributed by atoms with E-state index in [1.165, 1.54) is 7.11 Å². The molecule has 3 N–H and O–H groups in total. The summed E-state index contributed by atoms with van der Waals surface area (Å²) in [5.74, 6) is -0.0644. The molecule has 0 saturated heterocycles. The van der Waals surface area contributed by atoms with Gasteiger partial charge < -0.3 is 20.5 Å². The summed E-state index contributed by atoms with van der Waals surface area (Å²) < 4.78 is 10.4. The highest BCUT2D eigenvalue weighted by atomic mass is 35.5. The van der Waals surface area contributed by atoms with Crippen LogP contribution in [-0.4, -0.2) is 25.5 Å². The molecule has 0 unspecified atom stereocenters. The zero-order valence-corrected chi connectivity index (χ0v) is 15.6. The van der Waals surface area contributed by atoms with Gasteiger partial charge in [-0.2, -0.15) is 0 Å². The minimum Gasteiger partial charge on any atom is -0.493 e. The molecule has 2 rings (SSSR count). The lowest BCUT2D eigenvalue weighted by Gasteiger charge is -2.12. The number of nitrogens with one attached hydrogen (secondary N) is 1. The molecular weight excluding hydrogens is 379 g/mol. The smallest absolute Gasteiger partial charge is 0.255 e. The second-order valence-electron chi connectivity index (χ2n) is 5.40. The first-order chi connectivity index (χ1) is 12.4. The number of carbonyl (C=O) groups excluding carboxylic acids is 2. The maximum Gasteiger partial charge on any atom is 0.255 e. The van der Waals surface area contributed by atoms with Gasteiger partial charge in [0.25, 0.3) is 5.91 Å². The van der Waals surface area contributed by atoms with Crippen molar-refractivity contribution in [1.29, 1.82) is 0 Å². The van der Waals surface area contributed by atoms with Crippen molar-refractivity contribution < 1.29 is 19.1 Å². The number of halogens is 2. The van der Waals surface area contributed by atoms with Gasteiger partial charge in [0, 0.05) is 28.2 Å². The van der Waals surface area contributed by atoms with E-state index < -0.39 is 5.91 Å². The molecule has 0 aromatic heterocycles. The van der Waals surface area contributed by atoms with Crippen LogP contribution in [0.3, 0.4) is 0 Å². The van der Waals surface area contributed by atoms with Crippen LogP contribution < -0.4 is 20.5 Å². The lowest BCUT2D eigenvalue weighted by atomic mass is 10.1. The van der Waals surface area contributed by atoms with Crippen LogP contribution in [0.25, 0.3) is 0 Å². The van der Waals surface area contributed by atoms with E-state index in [1.807, 2.05) is 0 Å². The van der Waals surface area contributed by atoms with Crippen molar-refractivity contribution in [3.8, 4) is 11.5 Å². The molecule has 0 spiro atoms. The van der Waals surface area contributed by atoms with Gasteiger partial charge in [0.2, 0.25) is 5.91 Å². The molecule has 6 nitrogen and oxygen atoms in total. The summed E-state index contributed by atoms with van der Waals surface area (Å²) >= 11 is 12.0. The highest BCUT2D eigenvalue weighted by Crippen LogP contribution is 2.30. The van der Waals surface area contributed by atoms with Crippen LogP contribution in [0.1, 0.15) is 12.0 Å². The molecule has 0 heterocycles. The number of ether oxygens (including phenoxy) is 2. The average molecular weight is 397 g/mol. The Labute approximate surface area is 161 Å². The van der Waals surface area contributed by atoms with E-state index in [-0.39, 0.29) is 18.9 Å². The predicted molar refractivity (Wildman–Crippen MR) is 101 cm³/mol. The molecule has 0 aliphatic carbocycles. The average Bonchev–Trinajstić information content (AvgIpc) is 2.59. The topological polar surface area (TPSA) is 90.7 Å². The highest BCUT2D eigenvalue weighted by Gasteiger charge is 2.10. The molecule has 8 heteroatoms. The Balaban J connectivity index is 1.99. The number of hydrogen-bond donors (Lipinski definition) is 2. The monoisotopic (exact) mass is 396 g/mol. The Kier molecular flexibility index (Phi) is 7.12. The van der Waals surface area contributed by atoms with E-state index in [2.05, 4.69) is 5.32 Å². The fraction of sp³-hybridized carbons (Fsp3) is 0.222. The Hall–Kier alpha value is -2.44. The van der Waals surface area contributed by atoms with Crippen molar-refractivity contribution >= 4 is 40.7 Å². The van der Waals surface area contributed by atoms with Crippen LogP contribution in [-0.2, 0) is 16.0 Å². The fourth-order valence-electron chi connectivity index (χ4n) is 2.21. The van der Waals surface area contributed by atoms with E-state index in [9.17, 15) is 9.59 Å². The first-order valence-electron chi connectivity index (χ1n) is 7.72. The molecule has 2 amide bonds. The van der Waals surface area contributed by atoms with E-state index in [0.29, 0.717) is 33.7 Å². The van der Waals surface area contributed by atoms with Crippen molar-refractivity contribution in [3.05, 3.63) is 52.0 Å². The molecule has 0 aliphatic heterocycles. The molecule has 0 saturated carbocycles. The number of hydrogen-bond acceptors (Lipinski definition) is 4. The van der Waals surface area contributed by atoms with Crippen LogP contribution in [0.5, 0.6) is 11.5 Å².